The molecule has 34 heavy (non-hydrogen) atoms. The minimum absolute atomic E-state index is 0.0939. The topological polar surface area (TPSA) is 78.4 Å². The number of aryl methyl sites for hydroxylation is 2. The summed E-state index contributed by atoms with van der Waals surface area (Å²) in [6.45, 7) is 10.3. The van der Waals surface area contributed by atoms with Crippen LogP contribution in [0.1, 0.15) is 50.7 Å². The molecule has 1 aliphatic rings. The fraction of sp³-hybridized carbons (Fsp3) is 0.520. The number of halogens is 1. The number of benzene rings is 1. The maximum absolute atomic E-state index is 12.6. The van der Waals surface area contributed by atoms with Crippen LogP contribution in [0.2, 0.25) is 5.15 Å². The van der Waals surface area contributed by atoms with Crippen molar-refractivity contribution in [3.05, 3.63) is 40.5 Å². The first-order valence-electron chi connectivity index (χ1n) is 11.9. The molecule has 3 rings (SSSR count). The van der Waals surface area contributed by atoms with E-state index in [-0.39, 0.29) is 23.6 Å². The molecule has 0 radical (unpaired) electrons. The van der Waals surface area contributed by atoms with Crippen molar-refractivity contribution in [2.45, 2.75) is 64.6 Å². The Morgan fingerprint density at radius 3 is 2.65 bits per heavy atom. The van der Waals surface area contributed by atoms with Gasteiger partial charge in [0, 0.05) is 43.9 Å². The number of unbranched alkanes of at least 4 members (excludes halogenated alkanes) is 2. The third-order valence-corrected chi connectivity index (χ3v) is 7.09. The number of amides is 2. The van der Waals surface area contributed by atoms with Crippen molar-refractivity contribution in [3.63, 3.8) is 0 Å². The van der Waals surface area contributed by atoms with E-state index in [1.165, 1.54) is 17.3 Å². The number of thioether (sulfide) groups is 1. The molecule has 1 atom stereocenters. The van der Waals surface area contributed by atoms with Gasteiger partial charge in [-0.05, 0) is 50.5 Å². The van der Waals surface area contributed by atoms with Gasteiger partial charge in [0.25, 0.3) is 0 Å². The van der Waals surface area contributed by atoms with Crippen LogP contribution in [0, 0.1) is 13.8 Å². The molecule has 1 saturated heterocycles. The predicted molar refractivity (Wildman–Crippen MR) is 140 cm³/mol. The van der Waals surface area contributed by atoms with E-state index in [2.05, 4.69) is 34.0 Å². The van der Waals surface area contributed by atoms with Crippen LogP contribution in [0.4, 0.5) is 11.5 Å². The Labute approximate surface area is 211 Å². The monoisotopic (exact) mass is 503 g/mol. The van der Waals surface area contributed by atoms with Gasteiger partial charge in [0.2, 0.25) is 11.8 Å². The van der Waals surface area contributed by atoms with Crippen LogP contribution in [-0.2, 0) is 9.59 Å². The Kier molecular flexibility index (Phi) is 9.59. The average Bonchev–Trinajstić information content (AvgIpc) is 2.80. The molecule has 1 aromatic heterocycles. The molecule has 1 aliphatic heterocycles. The lowest BCUT2D eigenvalue weighted by Gasteiger charge is -2.40. The van der Waals surface area contributed by atoms with E-state index in [0.717, 1.165) is 36.3 Å². The molecule has 1 N–H and O–H groups in total. The first kappa shape index (κ1) is 26.3. The summed E-state index contributed by atoms with van der Waals surface area (Å²) in [5, 5.41) is 3.72. The molecule has 1 unspecified atom stereocenters. The maximum Gasteiger partial charge on any atom is 0.234 e. The number of carbonyl (C=O) groups is 2. The fourth-order valence-corrected chi connectivity index (χ4v) is 4.85. The minimum atomic E-state index is -0.123. The van der Waals surface area contributed by atoms with E-state index in [0.29, 0.717) is 36.4 Å². The first-order chi connectivity index (χ1) is 16.3. The van der Waals surface area contributed by atoms with Crippen molar-refractivity contribution in [1.29, 1.82) is 0 Å². The zero-order chi connectivity index (χ0) is 24.7. The summed E-state index contributed by atoms with van der Waals surface area (Å²) in [4.78, 5) is 38.0. The van der Waals surface area contributed by atoms with E-state index in [4.69, 9.17) is 11.6 Å². The molecule has 2 heterocycles. The number of carbonyl (C=O) groups excluding carboxylic acids is 2. The van der Waals surface area contributed by atoms with E-state index < -0.39 is 0 Å². The summed E-state index contributed by atoms with van der Waals surface area (Å²) in [6, 6.07) is 7.68. The van der Waals surface area contributed by atoms with Gasteiger partial charge in [-0.3, -0.25) is 9.59 Å². The summed E-state index contributed by atoms with van der Waals surface area (Å²) in [5.41, 5.74) is 3.09. The second-order valence-electron chi connectivity index (χ2n) is 8.81. The van der Waals surface area contributed by atoms with E-state index in [9.17, 15) is 9.59 Å². The zero-order valence-corrected chi connectivity index (χ0v) is 22.0. The Morgan fingerprint density at radius 1 is 1.15 bits per heavy atom. The summed E-state index contributed by atoms with van der Waals surface area (Å²) in [7, 11) is 0. The summed E-state index contributed by atoms with van der Waals surface area (Å²) < 4.78 is 0. The first-order valence-corrected chi connectivity index (χ1v) is 13.2. The lowest BCUT2D eigenvalue weighted by molar-refractivity contribution is -0.133. The van der Waals surface area contributed by atoms with Gasteiger partial charge in [-0.25, -0.2) is 9.97 Å². The van der Waals surface area contributed by atoms with Crippen LogP contribution < -0.4 is 10.2 Å². The molecule has 9 heteroatoms. The van der Waals surface area contributed by atoms with E-state index >= 15 is 0 Å². The van der Waals surface area contributed by atoms with Crippen molar-refractivity contribution in [3.8, 4) is 0 Å². The number of piperazine rings is 1. The largest absolute Gasteiger partial charge is 0.353 e. The van der Waals surface area contributed by atoms with Crippen LogP contribution in [0.15, 0.2) is 29.4 Å². The Hall–Kier alpha value is -2.32. The van der Waals surface area contributed by atoms with Gasteiger partial charge >= 0.3 is 0 Å². The third kappa shape index (κ3) is 7.34. The Morgan fingerprint density at radius 2 is 1.94 bits per heavy atom. The van der Waals surface area contributed by atoms with Gasteiger partial charge < -0.3 is 15.1 Å². The molecule has 0 saturated carbocycles. The van der Waals surface area contributed by atoms with Crippen molar-refractivity contribution in [2.24, 2.45) is 0 Å². The highest BCUT2D eigenvalue weighted by molar-refractivity contribution is 7.99. The number of hydrogen-bond donors (Lipinski definition) is 1. The number of hydrogen-bond acceptors (Lipinski definition) is 6. The van der Waals surface area contributed by atoms with Gasteiger partial charge in [0.05, 0.1) is 5.75 Å². The molecule has 7 nitrogen and oxygen atoms in total. The highest BCUT2D eigenvalue weighted by Gasteiger charge is 2.28. The van der Waals surface area contributed by atoms with E-state index in [1.54, 1.807) is 6.07 Å². The Bertz CT molecular complexity index is 1020. The molecule has 0 aliphatic carbocycles. The van der Waals surface area contributed by atoms with Crippen molar-refractivity contribution in [2.75, 3.05) is 35.6 Å². The van der Waals surface area contributed by atoms with Gasteiger partial charge in [0.1, 0.15) is 11.0 Å². The van der Waals surface area contributed by atoms with Gasteiger partial charge in [-0.15, -0.1) is 0 Å². The maximum atomic E-state index is 12.6. The van der Waals surface area contributed by atoms with Crippen LogP contribution in [0.25, 0.3) is 0 Å². The number of anilines is 2. The summed E-state index contributed by atoms with van der Waals surface area (Å²) in [6.07, 6.45) is 3.76. The predicted octanol–water partition coefficient (Wildman–Crippen LogP) is 5.10. The molecule has 2 aromatic rings. The molecule has 184 valence electrons. The number of rotatable bonds is 9. The second-order valence-corrected chi connectivity index (χ2v) is 10.1. The quantitative estimate of drug-likeness (QED) is 0.222. The molecule has 1 fully saturated rings. The highest BCUT2D eigenvalue weighted by atomic mass is 35.5. The Balaban J connectivity index is 1.56. The van der Waals surface area contributed by atoms with Crippen LogP contribution >= 0.6 is 23.4 Å². The van der Waals surface area contributed by atoms with Crippen LogP contribution in [-0.4, -0.2) is 58.1 Å². The molecule has 2 amide bonds. The van der Waals surface area contributed by atoms with Gasteiger partial charge in [0.15, 0.2) is 5.16 Å². The summed E-state index contributed by atoms with van der Waals surface area (Å²) in [5.74, 6) is 1.01. The molecular weight excluding hydrogens is 470 g/mol. The number of aromatic nitrogens is 2. The fourth-order valence-electron chi connectivity index (χ4n) is 3.96. The van der Waals surface area contributed by atoms with Crippen molar-refractivity contribution < 1.29 is 9.59 Å². The van der Waals surface area contributed by atoms with Crippen LogP contribution in [0.3, 0.4) is 0 Å². The molecule has 0 bridgehead atoms. The SMILES string of the molecule is CCCCCC(=O)N1CCN(c2cc(Cl)nc(SCC(=O)Nc3ccc(C)c(C)c3)n2)CC1C. The second kappa shape index (κ2) is 12.4. The smallest absolute Gasteiger partial charge is 0.234 e. The van der Waals surface area contributed by atoms with Crippen molar-refractivity contribution >= 4 is 46.7 Å². The molecule has 0 spiro atoms. The third-order valence-electron chi connectivity index (χ3n) is 6.05. The molecular formula is C25H34ClN5O2S. The van der Waals surface area contributed by atoms with Crippen molar-refractivity contribution in [1.82, 2.24) is 14.9 Å². The normalized spacial score (nSPS) is 16.0. The minimum Gasteiger partial charge on any atom is -0.353 e. The highest BCUT2D eigenvalue weighted by Crippen LogP contribution is 2.25. The summed E-state index contributed by atoms with van der Waals surface area (Å²) >= 11 is 7.53. The lowest BCUT2D eigenvalue weighted by atomic mass is 10.1. The standard InChI is InChI=1S/C25H34ClN5O2S/c1-5-6-7-8-24(33)31-12-11-30(15-19(31)4)22-14-21(26)28-25(29-22)34-16-23(32)27-20-10-9-17(2)18(3)13-20/h9-10,13-14,19H,5-8,11-12,15-16H2,1-4H3,(H,27,32). The van der Waals surface area contributed by atoms with E-state index in [1.807, 2.05) is 36.9 Å². The lowest BCUT2D eigenvalue weighted by Crippen LogP contribution is -2.54. The molecule has 1 aromatic carbocycles. The zero-order valence-electron chi connectivity index (χ0n) is 20.4. The van der Waals surface area contributed by atoms with Gasteiger partial charge in [-0.2, -0.15) is 0 Å². The number of nitrogens with one attached hydrogen (secondary N) is 1. The van der Waals surface area contributed by atoms with Crippen LogP contribution in [0.5, 0.6) is 0 Å². The van der Waals surface area contributed by atoms with Gasteiger partial charge in [-0.1, -0.05) is 49.2 Å². The average molecular weight is 504 g/mol. The number of nitrogens with zero attached hydrogens (tertiary/aromatic N) is 4.